The van der Waals surface area contributed by atoms with Gasteiger partial charge in [0.15, 0.2) is 0 Å². The fourth-order valence-electron chi connectivity index (χ4n) is 0.920. The summed E-state index contributed by atoms with van der Waals surface area (Å²) in [6.45, 7) is 6.12. The Bertz CT molecular complexity index is 93.1. The van der Waals surface area contributed by atoms with Gasteiger partial charge < -0.3 is 9.84 Å². The Balaban J connectivity index is 3.19. The van der Waals surface area contributed by atoms with Crippen LogP contribution in [0, 0.1) is 0 Å². The SMILES string of the molecule is CCN(CCO)CCOCCCl. The third-order valence-corrected chi connectivity index (χ3v) is 1.79. The molecule has 4 heteroatoms. The van der Waals surface area contributed by atoms with Crippen molar-refractivity contribution in [3.8, 4) is 0 Å². The summed E-state index contributed by atoms with van der Waals surface area (Å²) in [6, 6.07) is 0. The van der Waals surface area contributed by atoms with E-state index in [1.807, 2.05) is 0 Å². The molecule has 0 unspecified atom stereocenters. The van der Waals surface area contributed by atoms with Crippen LogP contribution in [0.2, 0.25) is 0 Å². The summed E-state index contributed by atoms with van der Waals surface area (Å²) in [6.07, 6.45) is 0. The highest BCUT2D eigenvalue weighted by Gasteiger charge is 1.99. The lowest BCUT2D eigenvalue weighted by molar-refractivity contribution is 0.107. The lowest BCUT2D eigenvalue weighted by Gasteiger charge is -2.18. The van der Waals surface area contributed by atoms with Crippen molar-refractivity contribution in [3.05, 3.63) is 0 Å². The lowest BCUT2D eigenvalue weighted by Crippen LogP contribution is -2.30. The van der Waals surface area contributed by atoms with E-state index >= 15 is 0 Å². The Hall–Kier alpha value is 0.170. The third-order valence-electron chi connectivity index (χ3n) is 1.64. The number of aliphatic hydroxyl groups is 1. The van der Waals surface area contributed by atoms with Crippen molar-refractivity contribution in [3.63, 3.8) is 0 Å². The van der Waals surface area contributed by atoms with Crippen molar-refractivity contribution in [2.24, 2.45) is 0 Å². The van der Waals surface area contributed by atoms with Gasteiger partial charge in [0, 0.05) is 19.0 Å². The van der Waals surface area contributed by atoms with Gasteiger partial charge in [-0.3, -0.25) is 4.90 Å². The zero-order valence-electron chi connectivity index (χ0n) is 7.63. The Morgan fingerprint density at radius 1 is 1.33 bits per heavy atom. The number of rotatable bonds is 8. The van der Waals surface area contributed by atoms with Crippen LogP contribution in [0.5, 0.6) is 0 Å². The predicted molar refractivity (Wildman–Crippen MR) is 50.7 cm³/mol. The Labute approximate surface area is 79.3 Å². The summed E-state index contributed by atoms with van der Waals surface area (Å²) in [7, 11) is 0. The fourth-order valence-corrected chi connectivity index (χ4v) is 1.03. The summed E-state index contributed by atoms with van der Waals surface area (Å²) in [5, 5.41) is 8.67. The molecule has 0 saturated carbocycles. The standard InChI is InChI=1S/C8H18ClNO2/c1-2-10(4-6-11)5-8-12-7-3-9/h11H,2-8H2,1H3. The molecule has 0 atom stereocenters. The Morgan fingerprint density at radius 3 is 2.58 bits per heavy atom. The molecule has 74 valence electrons. The van der Waals surface area contributed by atoms with Crippen molar-refractivity contribution >= 4 is 11.6 Å². The van der Waals surface area contributed by atoms with Gasteiger partial charge in [-0.1, -0.05) is 6.92 Å². The van der Waals surface area contributed by atoms with E-state index in [0.29, 0.717) is 19.1 Å². The molecule has 0 heterocycles. The van der Waals surface area contributed by atoms with Crippen molar-refractivity contribution in [2.45, 2.75) is 6.92 Å². The van der Waals surface area contributed by atoms with Crippen LogP contribution in [0.1, 0.15) is 6.92 Å². The van der Waals surface area contributed by atoms with Crippen LogP contribution in [0.3, 0.4) is 0 Å². The van der Waals surface area contributed by atoms with Gasteiger partial charge in [-0.2, -0.15) is 0 Å². The van der Waals surface area contributed by atoms with Gasteiger partial charge in [-0.05, 0) is 6.54 Å². The zero-order valence-corrected chi connectivity index (χ0v) is 8.39. The molecule has 0 aromatic rings. The van der Waals surface area contributed by atoms with Crippen LogP contribution in [-0.2, 0) is 4.74 Å². The van der Waals surface area contributed by atoms with Crippen LogP contribution < -0.4 is 0 Å². The molecule has 0 aromatic heterocycles. The van der Waals surface area contributed by atoms with Crippen LogP contribution in [0.15, 0.2) is 0 Å². The quantitative estimate of drug-likeness (QED) is 0.454. The second-order valence-electron chi connectivity index (χ2n) is 2.46. The molecule has 0 rings (SSSR count). The van der Waals surface area contributed by atoms with Gasteiger partial charge in [0.1, 0.15) is 0 Å². The predicted octanol–water partition coefficient (Wildman–Crippen LogP) is 0.556. The van der Waals surface area contributed by atoms with Gasteiger partial charge >= 0.3 is 0 Å². The molecule has 0 aliphatic rings. The zero-order chi connectivity index (χ0) is 9.23. The fraction of sp³-hybridized carbons (Fsp3) is 1.00. The maximum Gasteiger partial charge on any atom is 0.0602 e. The molecule has 0 spiro atoms. The largest absolute Gasteiger partial charge is 0.395 e. The van der Waals surface area contributed by atoms with E-state index in [-0.39, 0.29) is 6.61 Å². The van der Waals surface area contributed by atoms with Crippen molar-refractivity contribution in [1.29, 1.82) is 0 Å². The van der Waals surface area contributed by atoms with Gasteiger partial charge in [-0.25, -0.2) is 0 Å². The molecule has 0 aromatic carbocycles. The maximum atomic E-state index is 8.67. The summed E-state index contributed by atoms with van der Waals surface area (Å²) < 4.78 is 5.21. The van der Waals surface area contributed by atoms with Gasteiger partial charge in [0.05, 0.1) is 19.8 Å². The molecular formula is C8H18ClNO2. The van der Waals surface area contributed by atoms with E-state index in [1.165, 1.54) is 0 Å². The first kappa shape index (κ1) is 12.2. The topological polar surface area (TPSA) is 32.7 Å². The molecule has 1 N–H and O–H groups in total. The van der Waals surface area contributed by atoms with Crippen molar-refractivity contribution in [2.75, 3.05) is 45.3 Å². The highest BCUT2D eigenvalue weighted by molar-refractivity contribution is 6.17. The van der Waals surface area contributed by atoms with Crippen molar-refractivity contribution in [1.82, 2.24) is 4.90 Å². The molecule has 0 radical (unpaired) electrons. The average Bonchev–Trinajstić information content (AvgIpc) is 2.10. The molecular weight excluding hydrogens is 178 g/mol. The number of alkyl halides is 1. The van der Waals surface area contributed by atoms with Crippen LogP contribution in [-0.4, -0.2) is 55.3 Å². The number of aliphatic hydroxyl groups excluding tert-OH is 1. The number of ether oxygens (including phenoxy) is 1. The number of halogens is 1. The third kappa shape index (κ3) is 6.85. The normalized spacial score (nSPS) is 11.0. The molecule has 0 aliphatic heterocycles. The van der Waals surface area contributed by atoms with Crippen LogP contribution >= 0.6 is 11.6 Å². The summed E-state index contributed by atoms with van der Waals surface area (Å²) in [5.74, 6) is 0.548. The maximum absolute atomic E-state index is 8.67. The minimum absolute atomic E-state index is 0.212. The Morgan fingerprint density at radius 2 is 2.08 bits per heavy atom. The first-order valence-corrected chi connectivity index (χ1v) is 4.85. The van der Waals surface area contributed by atoms with E-state index in [2.05, 4.69) is 11.8 Å². The monoisotopic (exact) mass is 195 g/mol. The first-order valence-electron chi connectivity index (χ1n) is 4.32. The number of hydrogen-bond acceptors (Lipinski definition) is 3. The number of nitrogens with zero attached hydrogens (tertiary/aromatic N) is 1. The number of likely N-dealkylation sites (N-methyl/N-ethyl adjacent to an activating group) is 1. The average molecular weight is 196 g/mol. The minimum Gasteiger partial charge on any atom is -0.395 e. The summed E-state index contributed by atoms with van der Waals surface area (Å²) in [4.78, 5) is 2.13. The van der Waals surface area contributed by atoms with E-state index in [9.17, 15) is 0 Å². The summed E-state index contributed by atoms with van der Waals surface area (Å²) in [5.41, 5.74) is 0. The van der Waals surface area contributed by atoms with E-state index < -0.39 is 0 Å². The van der Waals surface area contributed by atoms with Crippen LogP contribution in [0.25, 0.3) is 0 Å². The van der Waals surface area contributed by atoms with Gasteiger partial charge in [-0.15, -0.1) is 11.6 Å². The van der Waals surface area contributed by atoms with E-state index in [4.69, 9.17) is 21.4 Å². The minimum atomic E-state index is 0.212. The van der Waals surface area contributed by atoms with E-state index in [1.54, 1.807) is 0 Å². The highest BCUT2D eigenvalue weighted by Crippen LogP contribution is 1.87. The Kier molecular flexibility index (Phi) is 9.39. The highest BCUT2D eigenvalue weighted by atomic mass is 35.5. The molecule has 3 nitrogen and oxygen atoms in total. The smallest absolute Gasteiger partial charge is 0.0602 e. The van der Waals surface area contributed by atoms with Crippen molar-refractivity contribution < 1.29 is 9.84 Å². The lowest BCUT2D eigenvalue weighted by atomic mass is 10.5. The molecule has 0 bridgehead atoms. The number of hydrogen-bond donors (Lipinski definition) is 1. The second kappa shape index (κ2) is 9.26. The van der Waals surface area contributed by atoms with Crippen LogP contribution in [0.4, 0.5) is 0 Å². The van der Waals surface area contributed by atoms with E-state index in [0.717, 1.165) is 19.6 Å². The molecule has 12 heavy (non-hydrogen) atoms. The molecule has 0 amide bonds. The van der Waals surface area contributed by atoms with Gasteiger partial charge in [0.2, 0.25) is 0 Å². The second-order valence-corrected chi connectivity index (χ2v) is 2.84. The summed E-state index contributed by atoms with van der Waals surface area (Å²) >= 11 is 5.43. The molecule has 0 fully saturated rings. The molecule has 0 aliphatic carbocycles. The van der Waals surface area contributed by atoms with Gasteiger partial charge in [0.25, 0.3) is 0 Å². The molecule has 0 saturated heterocycles. The first-order chi connectivity index (χ1) is 5.85.